The summed E-state index contributed by atoms with van der Waals surface area (Å²) < 4.78 is 32.5. The van der Waals surface area contributed by atoms with E-state index in [-0.39, 0.29) is 12.6 Å². The summed E-state index contributed by atoms with van der Waals surface area (Å²) in [6.45, 7) is 1.60. The first-order valence-electron chi connectivity index (χ1n) is 6.94. The summed E-state index contributed by atoms with van der Waals surface area (Å²) in [5, 5.41) is -1.32. The van der Waals surface area contributed by atoms with Crippen LogP contribution in [0.25, 0.3) is 0 Å². The zero-order valence-electron chi connectivity index (χ0n) is 12.1. The highest BCUT2D eigenvalue weighted by Gasteiger charge is 2.33. The number of rotatable bonds is 6. The van der Waals surface area contributed by atoms with Gasteiger partial charge in [-0.25, -0.2) is 8.78 Å². The molecule has 0 heterocycles. The number of Topliss-reactive ketones (excluding diaryl/α,β-unsaturated/α-hetero) is 1. The Labute approximate surface area is 141 Å². The number of carbonyl (C=O) groups excluding carboxylic acids is 2. The van der Waals surface area contributed by atoms with Gasteiger partial charge in [-0.15, -0.1) is 0 Å². The first-order chi connectivity index (χ1) is 10.9. The number of hydrogen-bond donors (Lipinski definition) is 0. The van der Waals surface area contributed by atoms with E-state index < -0.39 is 44.9 Å². The number of ketones is 1. The molecular formula is C15H13Cl2F2NO3. The molecule has 1 atom stereocenters. The second-order valence-corrected chi connectivity index (χ2v) is 5.75. The molecule has 0 saturated heterocycles. The average Bonchev–Trinajstić information content (AvgIpc) is 3.29. The van der Waals surface area contributed by atoms with Gasteiger partial charge in [-0.05, 0) is 25.8 Å². The average molecular weight is 364 g/mol. The summed E-state index contributed by atoms with van der Waals surface area (Å²) >= 11 is 11.2. The van der Waals surface area contributed by atoms with Gasteiger partial charge in [-0.2, -0.15) is 0 Å². The van der Waals surface area contributed by atoms with Crippen molar-refractivity contribution >= 4 is 41.2 Å². The zero-order chi connectivity index (χ0) is 17.1. The smallest absolute Gasteiger partial charge is 0.322 e. The number of aliphatic imine (C=N–C) groups is 1. The summed E-state index contributed by atoms with van der Waals surface area (Å²) in [6, 6.07) is 0.679. The van der Waals surface area contributed by atoms with E-state index >= 15 is 0 Å². The standard InChI is InChI=1S/C15H13Cl2F2NO3/c1-2-23-15(22)8(6-20-7-3-4-7)14(21)11-10(18)5-9(16)13(19)12(11)17/h5-8H,2-4H2,1H3. The summed E-state index contributed by atoms with van der Waals surface area (Å²) in [6.07, 6.45) is 2.82. The lowest BCUT2D eigenvalue weighted by Gasteiger charge is -2.13. The van der Waals surface area contributed by atoms with Crippen LogP contribution in [0.4, 0.5) is 8.78 Å². The molecule has 1 saturated carbocycles. The van der Waals surface area contributed by atoms with Crippen molar-refractivity contribution in [3.05, 3.63) is 33.3 Å². The maximum absolute atomic E-state index is 14.0. The lowest BCUT2D eigenvalue weighted by Crippen LogP contribution is -2.29. The molecule has 0 aliphatic heterocycles. The number of halogens is 4. The van der Waals surface area contributed by atoms with Gasteiger partial charge in [0.1, 0.15) is 5.82 Å². The molecule has 1 aromatic carbocycles. The molecular weight excluding hydrogens is 351 g/mol. The molecule has 1 aliphatic rings. The fourth-order valence-corrected chi connectivity index (χ4v) is 2.37. The third-order valence-corrected chi connectivity index (χ3v) is 3.81. The minimum Gasteiger partial charge on any atom is -0.465 e. The van der Waals surface area contributed by atoms with Crippen molar-refractivity contribution < 1.29 is 23.1 Å². The van der Waals surface area contributed by atoms with Crippen LogP contribution in [0.1, 0.15) is 30.1 Å². The summed E-state index contributed by atoms with van der Waals surface area (Å²) in [5.74, 6) is -5.64. The van der Waals surface area contributed by atoms with E-state index in [9.17, 15) is 18.4 Å². The molecule has 4 nitrogen and oxygen atoms in total. The van der Waals surface area contributed by atoms with Crippen molar-refractivity contribution in [2.45, 2.75) is 25.8 Å². The van der Waals surface area contributed by atoms with Gasteiger partial charge >= 0.3 is 5.97 Å². The molecule has 1 aliphatic carbocycles. The first kappa shape index (κ1) is 17.8. The van der Waals surface area contributed by atoms with E-state index in [0.29, 0.717) is 6.07 Å². The number of carbonyl (C=O) groups is 2. The molecule has 8 heteroatoms. The first-order valence-corrected chi connectivity index (χ1v) is 7.69. The topological polar surface area (TPSA) is 55.7 Å². The second kappa shape index (κ2) is 7.36. The van der Waals surface area contributed by atoms with Crippen molar-refractivity contribution in [2.75, 3.05) is 6.61 Å². The lowest BCUT2D eigenvalue weighted by atomic mass is 9.97. The number of esters is 1. The monoisotopic (exact) mass is 363 g/mol. The van der Waals surface area contributed by atoms with Crippen LogP contribution in [0.2, 0.25) is 10.0 Å². The molecule has 0 amide bonds. The number of nitrogens with zero attached hydrogens (tertiary/aromatic N) is 1. The van der Waals surface area contributed by atoms with E-state index in [1.54, 1.807) is 6.92 Å². The van der Waals surface area contributed by atoms with E-state index in [0.717, 1.165) is 19.1 Å². The molecule has 0 radical (unpaired) electrons. The van der Waals surface area contributed by atoms with Gasteiger partial charge in [0.25, 0.3) is 0 Å². The van der Waals surface area contributed by atoms with Gasteiger partial charge in [-0.3, -0.25) is 14.6 Å². The van der Waals surface area contributed by atoms with Crippen molar-refractivity contribution in [1.29, 1.82) is 0 Å². The maximum Gasteiger partial charge on any atom is 0.322 e. The minimum absolute atomic E-state index is 0.0328. The van der Waals surface area contributed by atoms with Crippen LogP contribution in [0.15, 0.2) is 11.1 Å². The predicted molar refractivity (Wildman–Crippen MR) is 82.3 cm³/mol. The van der Waals surface area contributed by atoms with Crippen LogP contribution in [-0.2, 0) is 9.53 Å². The Morgan fingerprint density at radius 3 is 2.65 bits per heavy atom. The van der Waals surface area contributed by atoms with Crippen molar-refractivity contribution in [1.82, 2.24) is 0 Å². The fourth-order valence-electron chi connectivity index (χ4n) is 1.85. The normalized spacial score (nSPS) is 15.7. The highest BCUT2D eigenvalue weighted by atomic mass is 35.5. The van der Waals surface area contributed by atoms with Crippen molar-refractivity contribution in [2.24, 2.45) is 10.9 Å². The van der Waals surface area contributed by atoms with E-state index in [1.807, 2.05) is 0 Å². The van der Waals surface area contributed by atoms with Crippen LogP contribution < -0.4 is 0 Å². The van der Waals surface area contributed by atoms with E-state index in [1.165, 1.54) is 0 Å². The van der Waals surface area contributed by atoms with E-state index in [2.05, 4.69) is 4.99 Å². The highest BCUT2D eigenvalue weighted by Crippen LogP contribution is 2.31. The molecule has 1 unspecified atom stereocenters. The van der Waals surface area contributed by atoms with Gasteiger partial charge in [0.2, 0.25) is 0 Å². The number of ether oxygens (including phenoxy) is 1. The van der Waals surface area contributed by atoms with Crippen LogP contribution >= 0.6 is 23.2 Å². The molecule has 124 valence electrons. The van der Waals surface area contributed by atoms with Crippen molar-refractivity contribution in [3.63, 3.8) is 0 Å². The Balaban J connectivity index is 2.40. The van der Waals surface area contributed by atoms with Crippen molar-refractivity contribution in [3.8, 4) is 0 Å². The SMILES string of the molecule is CCOC(=O)C(C=NC1CC1)C(=O)c1c(F)cc(Cl)c(F)c1Cl. The molecule has 1 aromatic rings. The van der Waals surface area contributed by atoms with Crippen LogP contribution in [0.3, 0.4) is 0 Å². The Bertz CT molecular complexity index is 675. The zero-order valence-corrected chi connectivity index (χ0v) is 13.6. The van der Waals surface area contributed by atoms with Gasteiger partial charge in [0, 0.05) is 12.3 Å². The van der Waals surface area contributed by atoms with Gasteiger partial charge in [0.05, 0.1) is 22.2 Å². The molecule has 1 fully saturated rings. The number of benzene rings is 1. The third kappa shape index (κ3) is 4.06. The molecule has 0 aromatic heterocycles. The fraction of sp³-hybridized carbons (Fsp3) is 0.400. The van der Waals surface area contributed by atoms with Gasteiger partial charge in [-0.1, -0.05) is 23.2 Å². The number of hydrogen-bond acceptors (Lipinski definition) is 4. The molecule has 2 rings (SSSR count). The minimum atomic E-state index is -1.48. The Morgan fingerprint density at radius 1 is 1.43 bits per heavy atom. The maximum atomic E-state index is 14.0. The summed E-state index contributed by atoms with van der Waals surface area (Å²) in [5.41, 5.74) is -0.742. The molecule has 23 heavy (non-hydrogen) atoms. The third-order valence-electron chi connectivity index (χ3n) is 3.18. The van der Waals surface area contributed by atoms with E-state index in [4.69, 9.17) is 27.9 Å². The van der Waals surface area contributed by atoms with Crippen LogP contribution in [0.5, 0.6) is 0 Å². The largest absolute Gasteiger partial charge is 0.465 e. The summed E-state index contributed by atoms with van der Waals surface area (Å²) in [7, 11) is 0. The van der Waals surface area contributed by atoms with Gasteiger partial charge < -0.3 is 4.74 Å². The lowest BCUT2D eigenvalue weighted by molar-refractivity contribution is -0.143. The van der Waals surface area contributed by atoms with Crippen LogP contribution in [-0.4, -0.2) is 30.6 Å². The Morgan fingerprint density at radius 2 is 2.09 bits per heavy atom. The predicted octanol–water partition coefficient (Wildman–Crippen LogP) is 3.87. The Kier molecular flexibility index (Phi) is 5.70. The molecule has 0 bridgehead atoms. The van der Waals surface area contributed by atoms with Gasteiger partial charge in [0.15, 0.2) is 17.5 Å². The second-order valence-electron chi connectivity index (χ2n) is 4.97. The summed E-state index contributed by atoms with van der Waals surface area (Å²) in [4.78, 5) is 28.5. The highest BCUT2D eigenvalue weighted by molar-refractivity contribution is 6.38. The Hall–Kier alpha value is -1.53. The van der Waals surface area contributed by atoms with Crippen LogP contribution in [0, 0.1) is 17.6 Å². The molecule has 0 N–H and O–H groups in total. The quantitative estimate of drug-likeness (QED) is 0.192. The molecule has 0 spiro atoms.